The average Bonchev–Trinajstić information content (AvgIpc) is 2.65. The SMILES string of the molecule is CN1C(=O)COc2cc(NC(=O)NCCN3CCC[C@@H](C(N)=O)C3)ccc21. The van der Waals surface area contributed by atoms with Crippen molar-refractivity contribution in [1.29, 1.82) is 0 Å². The number of anilines is 2. The number of amides is 4. The molecule has 1 aromatic rings. The smallest absolute Gasteiger partial charge is 0.319 e. The Morgan fingerprint density at radius 3 is 2.96 bits per heavy atom. The summed E-state index contributed by atoms with van der Waals surface area (Å²) in [6, 6.07) is 4.83. The molecule has 1 saturated heterocycles. The molecule has 146 valence electrons. The summed E-state index contributed by atoms with van der Waals surface area (Å²) >= 11 is 0. The molecule has 2 aliphatic rings. The number of likely N-dealkylation sites (tertiary alicyclic amines) is 1. The van der Waals surface area contributed by atoms with E-state index in [-0.39, 0.29) is 30.4 Å². The number of likely N-dealkylation sites (N-methyl/N-ethyl adjacent to an activating group) is 1. The van der Waals surface area contributed by atoms with Crippen molar-refractivity contribution >= 4 is 29.2 Å². The minimum atomic E-state index is -0.321. The van der Waals surface area contributed by atoms with Crippen LogP contribution in [0.2, 0.25) is 0 Å². The summed E-state index contributed by atoms with van der Waals surface area (Å²) in [7, 11) is 1.69. The van der Waals surface area contributed by atoms with E-state index in [9.17, 15) is 14.4 Å². The molecule has 27 heavy (non-hydrogen) atoms. The van der Waals surface area contributed by atoms with E-state index in [0.717, 1.165) is 19.4 Å². The van der Waals surface area contributed by atoms with Crippen LogP contribution in [0.5, 0.6) is 5.75 Å². The summed E-state index contributed by atoms with van der Waals surface area (Å²) in [6.45, 7) is 2.67. The number of fused-ring (bicyclic) bond motifs is 1. The molecule has 1 aromatic carbocycles. The molecule has 0 unspecified atom stereocenters. The lowest BCUT2D eigenvalue weighted by Gasteiger charge is -2.31. The Hall–Kier alpha value is -2.81. The van der Waals surface area contributed by atoms with Gasteiger partial charge in [0.1, 0.15) is 5.75 Å². The van der Waals surface area contributed by atoms with Crippen LogP contribution >= 0.6 is 0 Å². The highest BCUT2D eigenvalue weighted by Crippen LogP contribution is 2.33. The highest BCUT2D eigenvalue weighted by molar-refractivity contribution is 5.98. The number of piperidine rings is 1. The minimum Gasteiger partial charge on any atom is -0.481 e. The number of nitrogens with two attached hydrogens (primary N) is 1. The minimum absolute atomic E-state index is 0.0126. The van der Waals surface area contributed by atoms with E-state index in [1.165, 1.54) is 4.90 Å². The fraction of sp³-hybridized carbons (Fsp3) is 0.500. The Bertz CT molecular complexity index is 738. The van der Waals surface area contributed by atoms with Gasteiger partial charge in [0.15, 0.2) is 6.61 Å². The predicted octanol–water partition coefficient (Wildman–Crippen LogP) is 0.361. The number of ether oxygens (including phenoxy) is 1. The first-order chi connectivity index (χ1) is 12.9. The summed E-state index contributed by atoms with van der Waals surface area (Å²) in [4.78, 5) is 38.7. The second-order valence-corrected chi connectivity index (χ2v) is 6.85. The topological polar surface area (TPSA) is 117 Å². The molecule has 4 amide bonds. The molecule has 3 rings (SSSR count). The van der Waals surface area contributed by atoms with Crippen molar-refractivity contribution in [3.05, 3.63) is 18.2 Å². The van der Waals surface area contributed by atoms with Gasteiger partial charge in [-0.05, 0) is 31.5 Å². The largest absolute Gasteiger partial charge is 0.481 e. The van der Waals surface area contributed by atoms with Crippen molar-refractivity contribution in [2.24, 2.45) is 11.7 Å². The van der Waals surface area contributed by atoms with Crippen LogP contribution in [-0.2, 0) is 9.59 Å². The molecular formula is C18H25N5O4. The van der Waals surface area contributed by atoms with Crippen molar-refractivity contribution in [1.82, 2.24) is 10.2 Å². The molecule has 2 heterocycles. The number of nitrogens with zero attached hydrogens (tertiary/aromatic N) is 2. The molecule has 1 atom stereocenters. The summed E-state index contributed by atoms with van der Waals surface area (Å²) in [6.07, 6.45) is 1.77. The Balaban J connectivity index is 1.46. The summed E-state index contributed by atoms with van der Waals surface area (Å²) < 4.78 is 5.41. The van der Waals surface area contributed by atoms with E-state index < -0.39 is 0 Å². The number of hydrogen-bond acceptors (Lipinski definition) is 5. The average molecular weight is 375 g/mol. The van der Waals surface area contributed by atoms with Crippen LogP contribution in [-0.4, -0.2) is 62.6 Å². The van der Waals surface area contributed by atoms with Gasteiger partial charge in [-0.25, -0.2) is 4.79 Å². The Morgan fingerprint density at radius 2 is 2.19 bits per heavy atom. The molecule has 0 aromatic heterocycles. The van der Waals surface area contributed by atoms with Crippen LogP contribution < -0.4 is 26.0 Å². The van der Waals surface area contributed by atoms with Gasteiger partial charge in [0.05, 0.1) is 11.6 Å². The van der Waals surface area contributed by atoms with Crippen molar-refractivity contribution in [2.75, 3.05) is 50.1 Å². The Kier molecular flexibility index (Phi) is 5.80. The van der Waals surface area contributed by atoms with Gasteiger partial charge in [-0.2, -0.15) is 0 Å². The van der Waals surface area contributed by atoms with Crippen LogP contribution in [0.3, 0.4) is 0 Å². The molecule has 0 spiro atoms. The number of urea groups is 1. The molecule has 0 saturated carbocycles. The normalized spacial score (nSPS) is 19.8. The fourth-order valence-electron chi connectivity index (χ4n) is 3.35. The summed E-state index contributed by atoms with van der Waals surface area (Å²) in [5.41, 5.74) is 6.64. The fourth-order valence-corrected chi connectivity index (χ4v) is 3.35. The second kappa shape index (κ2) is 8.26. The standard InChI is InChI=1S/C18H25N5O4/c1-22-14-5-4-13(9-15(14)27-11-16(22)24)21-18(26)20-6-8-23-7-2-3-12(10-23)17(19)25/h4-5,9,12H,2-3,6-8,10-11H2,1H3,(H2,19,25)(H2,20,21,26)/t12-/m1/s1. The number of nitrogens with one attached hydrogen (secondary N) is 2. The van der Waals surface area contributed by atoms with Gasteiger partial charge in [0, 0.05) is 38.4 Å². The first-order valence-electron chi connectivity index (χ1n) is 9.04. The maximum absolute atomic E-state index is 12.1. The number of carbonyl (C=O) groups excluding carboxylic acids is 3. The molecule has 9 nitrogen and oxygen atoms in total. The number of primary amides is 1. The third kappa shape index (κ3) is 4.68. The zero-order valence-electron chi connectivity index (χ0n) is 15.4. The molecule has 4 N–H and O–H groups in total. The van der Waals surface area contributed by atoms with Gasteiger partial charge < -0.3 is 30.9 Å². The first kappa shape index (κ1) is 19.0. The third-order valence-corrected chi connectivity index (χ3v) is 4.93. The van der Waals surface area contributed by atoms with Gasteiger partial charge in [-0.1, -0.05) is 0 Å². The van der Waals surface area contributed by atoms with Crippen molar-refractivity contribution in [3.8, 4) is 5.75 Å². The summed E-state index contributed by atoms with van der Waals surface area (Å²) in [5.74, 6) is 0.0819. The van der Waals surface area contributed by atoms with Gasteiger partial charge in [-0.15, -0.1) is 0 Å². The number of rotatable bonds is 5. The van der Waals surface area contributed by atoms with E-state index in [1.807, 2.05) is 0 Å². The van der Waals surface area contributed by atoms with Gasteiger partial charge in [-0.3, -0.25) is 9.59 Å². The lowest BCUT2D eigenvalue weighted by molar-refractivity contribution is -0.123. The van der Waals surface area contributed by atoms with Crippen molar-refractivity contribution in [3.63, 3.8) is 0 Å². The van der Waals surface area contributed by atoms with Crippen molar-refractivity contribution in [2.45, 2.75) is 12.8 Å². The molecule has 0 aliphatic carbocycles. The molecule has 2 aliphatic heterocycles. The molecule has 0 bridgehead atoms. The van der Waals surface area contributed by atoms with Gasteiger partial charge in [0.25, 0.3) is 5.91 Å². The van der Waals surface area contributed by atoms with Gasteiger partial charge >= 0.3 is 6.03 Å². The van der Waals surface area contributed by atoms with Crippen LogP contribution in [0, 0.1) is 5.92 Å². The maximum Gasteiger partial charge on any atom is 0.319 e. The number of hydrogen-bond donors (Lipinski definition) is 3. The maximum atomic E-state index is 12.1. The molecule has 1 fully saturated rings. The Labute approximate surface area is 157 Å². The monoisotopic (exact) mass is 375 g/mol. The lowest BCUT2D eigenvalue weighted by Crippen LogP contribution is -2.44. The van der Waals surface area contributed by atoms with Crippen LogP contribution in [0.1, 0.15) is 12.8 Å². The van der Waals surface area contributed by atoms with Crippen LogP contribution in [0.4, 0.5) is 16.2 Å². The van der Waals surface area contributed by atoms with E-state index in [2.05, 4.69) is 15.5 Å². The molecule has 0 radical (unpaired) electrons. The molecule has 9 heteroatoms. The first-order valence-corrected chi connectivity index (χ1v) is 9.04. The Morgan fingerprint density at radius 1 is 1.37 bits per heavy atom. The zero-order chi connectivity index (χ0) is 19.4. The number of benzene rings is 1. The van der Waals surface area contributed by atoms with Crippen LogP contribution in [0.15, 0.2) is 18.2 Å². The van der Waals surface area contributed by atoms with E-state index >= 15 is 0 Å². The van der Waals surface area contributed by atoms with Crippen LogP contribution in [0.25, 0.3) is 0 Å². The number of carbonyl (C=O) groups is 3. The quantitative estimate of drug-likeness (QED) is 0.687. The highest BCUT2D eigenvalue weighted by Gasteiger charge is 2.24. The zero-order valence-corrected chi connectivity index (χ0v) is 15.4. The predicted molar refractivity (Wildman–Crippen MR) is 101 cm³/mol. The van der Waals surface area contributed by atoms with Crippen molar-refractivity contribution < 1.29 is 19.1 Å². The summed E-state index contributed by atoms with van der Waals surface area (Å²) in [5, 5.41) is 5.56. The van der Waals surface area contributed by atoms with E-state index in [0.29, 0.717) is 36.8 Å². The molecular weight excluding hydrogens is 350 g/mol. The van der Waals surface area contributed by atoms with Gasteiger partial charge in [0.2, 0.25) is 5.91 Å². The van der Waals surface area contributed by atoms with E-state index in [4.69, 9.17) is 10.5 Å². The third-order valence-electron chi connectivity index (χ3n) is 4.93. The highest BCUT2D eigenvalue weighted by atomic mass is 16.5. The van der Waals surface area contributed by atoms with E-state index in [1.54, 1.807) is 25.2 Å². The lowest BCUT2D eigenvalue weighted by atomic mass is 9.97. The second-order valence-electron chi connectivity index (χ2n) is 6.85.